The molecule has 0 bridgehead atoms. The monoisotopic (exact) mass is 431 g/mol. The van der Waals surface area contributed by atoms with E-state index < -0.39 is 0 Å². The smallest absolute Gasteiger partial charge is 0.253 e. The number of aromatic nitrogens is 3. The second kappa shape index (κ2) is 9.77. The predicted octanol–water partition coefficient (Wildman–Crippen LogP) is 4.39. The summed E-state index contributed by atoms with van der Waals surface area (Å²) in [5.41, 5.74) is 3.51. The summed E-state index contributed by atoms with van der Waals surface area (Å²) >= 11 is 0. The summed E-state index contributed by atoms with van der Waals surface area (Å²) in [6.07, 6.45) is 5.35. The van der Waals surface area contributed by atoms with Crippen LogP contribution in [0, 0.1) is 0 Å². The number of ether oxygens (including phenoxy) is 1. The first kappa shape index (κ1) is 21.7. The van der Waals surface area contributed by atoms with Crippen LogP contribution in [0.2, 0.25) is 0 Å². The van der Waals surface area contributed by atoms with Crippen LogP contribution < -0.4 is 10.1 Å². The SMILES string of the molecule is COc1ccc(C(=O)N2CCC(c3nc(NC(C)C)ncc3-c3ccccn3)CC2)cc1. The summed E-state index contributed by atoms with van der Waals surface area (Å²) in [7, 11) is 1.62. The fourth-order valence-electron chi connectivity index (χ4n) is 4.03. The third-order valence-electron chi connectivity index (χ3n) is 5.68. The number of amides is 1. The standard InChI is InChI=1S/C25H29N5O2/c1-17(2)28-25-27-16-21(22-6-4-5-13-26-22)23(29-25)18-11-14-30(15-12-18)24(31)19-7-9-20(32-3)10-8-19/h4-10,13,16-18H,11-12,14-15H2,1-3H3,(H,27,28,29). The van der Waals surface area contributed by atoms with Crippen molar-refractivity contribution in [1.82, 2.24) is 19.9 Å². The topological polar surface area (TPSA) is 80.2 Å². The van der Waals surface area contributed by atoms with E-state index in [0.717, 1.165) is 35.5 Å². The highest BCUT2D eigenvalue weighted by Crippen LogP contribution is 2.34. The van der Waals surface area contributed by atoms with Crippen LogP contribution in [-0.2, 0) is 0 Å². The third kappa shape index (κ3) is 4.88. The number of methoxy groups -OCH3 is 1. The van der Waals surface area contributed by atoms with Crippen molar-refractivity contribution >= 4 is 11.9 Å². The molecular formula is C25H29N5O2. The summed E-state index contributed by atoms with van der Waals surface area (Å²) in [4.78, 5) is 28.8. The van der Waals surface area contributed by atoms with Gasteiger partial charge in [0.2, 0.25) is 5.95 Å². The van der Waals surface area contributed by atoms with E-state index in [0.29, 0.717) is 24.6 Å². The van der Waals surface area contributed by atoms with Crippen LogP contribution in [0.3, 0.4) is 0 Å². The van der Waals surface area contributed by atoms with Crippen molar-refractivity contribution < 1.29 is 9.53 Å². The lowest BCUT2D eigenvalue weighted by Gasteiger charge is -2.32. The van der Waals surface area contributed by atoms with Gasteiger partial charge in [-0.15, -0.1) is 0 Å². The van der Waals surface area contributed by atoms with Gasteiger partial charge in [0, 0.05) is 48.6 Å². The van der Waals surface area contributed by atoms with Crippen molar-refractivity contribution in [3.63, 3.8) is 0 Å². The Labute approximate surface area is 188 Å². The highest BCUT2D eigenvalue weighted by Gasteiger charge is 2.28. The van der Waals surface area contributed by atoms with E-state index in [2.05, 4.69) is 29.1 Å². The van der Waals surface area contributed by atoms with Crippen LogP contribution in [0.1, 0.15) is 48.7 Å². The minimum absolute atomic E-state index is 0.0564. The molecule has 0 spiro atoms. The zero-order valence-corrected chi connectivity index (χ0v) is 18.8. The summed E-state index contributed by atoms with van der Waals surface area (Å²) in [5, 5.41) is 3.30. The Morgan fingerprint density at radius 1 is 1.09 bits per heavy atom. The maximum Gasteiger partial charge on any atom is 0.253 e. The molecule has 0 radical (unpaired) electrons. The Morgan fingerprint density at radius 3 is 2.47 bits per heavy atom. The van der Waals surface area contributed by atoms with Crippen molar-refractivity contribution in [2.24, 2.45) is 0 Å². The lowest BCUT2D eigenvalue weighted by atomic mass is 9.89. The molecular weight excluding hydrogens is 402 g/mol. The normalized spacial score (nSPS) is 14.4. The minimum atomic E-state index is 0.0564. The number of benzene rings is 1. The summed E-state index contributed by atoms with van der Waals surface area (Å²) in [6, 6.07) is 13.4. The third-order valence-corrected chi connectivity index (χ3v) is 5.68. The van der Waals surface area contributed by atoms with Gasteiger partial charge in [0.25, 0.3) is 5.91 Å². The number of anilines is 1. The molecule has 1 aliphatic heterocycles. The first-order valence-electron chi connectivity index (χ1n) is 11.0. The number of nitrogens with zero attached hydrogens (tertiary/aromatic N) is 4. The molecule has 3 aromatic rings. The number of hydrogen-bond acceptors (Lipinski definition) is 6. The molecule has 3 heterocycles. The van der Waals surface area contributed by atoms with Gasteiger partial charge in [-0.05, 0) is 63.1 Å². The van der Waals surface area contributed by atoms with Gasteiger partial charge in [-0.25, -0.2) is 9.97 Å². The molecule has 32 heavy (non-hydrogen) atoms. The average molecular weight is 432 g/mol. The highest BCUT2D eigenvalue weighted by molar-refractivity contribution is 5.94. The van der Waals surface area contributed by atoms with Crippen LogP contribution in [0.4, 0.5) is 5.95 Å². The number of carbonyl (C=O) groups excluding carboxylic acids is 1. The maximum absolute atomic E-state index is 12.9. The molecule has 7 nitrogen and oxygen atoms in total. The van der Waals surface area contributed by atoms with E-state index in [1.54, 1.807) is 13.3 Å². The van der Waals surface area contributed by atoms with E-state index >= 15 is 0 Å². The highest BCUT2D eigenvalue weighted by atomic mass is 16.5. The van der Waals surface area contributed by atoms with Gasteiger partial charge >= 0.3 is 0 Å². The molecule has 1 aromatic carbocycles. The lowest BCUT2D eigenvalue weighted by Crippen LogP contribution is -2.38. The number of hydrogen-bond donors (Lipinski definition) is 1. The van der Waals surface area contributed by atoms with Gasteiger partial charge in [-0.2, -0.15) is 0 Å². The number of piperidine rings is 1. The summed E-state index contributed by atoms with van der Waals surface area (Å²) < 4.78 is 5.19. The molecule has 2 aromatic heterocycles. The number of likely N-dealkylation sites (tertiary alicyclic amines) is 1. The molecule has 0 aliphatic carbocycles. The molecule has 1 saturated heterocycles. The van der Waals surface area contributed by atoms with E-state index in [1.807, 2.05) is 53.6 Å². The number of nitrogens with one attached hydrogen (secondary N) is 1. The Kier molecular flexibility index (Phi) is 6.63. The van der Waals surface area contributed by atoms with E-state index in [-0.39, 0.29) is 17.9 Å². The van der Waals surface area contributed by atoms with Crippen molar-refractivity contribution in [2.75, 3.05) is 25.5 Å². The lowest BCUT2D eigenvalue weighted by molar-refractivity contribution is 0.0712. The van der Waals surface area contributed by atoms with E-state index in [1.165, 1.54) is 0 Å². The predicted molar refractivity (Wildman–Crippen MR) is 125 cm³/mol. The van der Waals surface area contributed by atoms with Crippen molar-refractivity contribution in [2.45, 2.75) is 38.6 Å². The molecule has 7 heteroatoms. The molecule has 1 aliphatic rings. The maximum atomic E-state index is 12.9. The molecule has 1 N–H and O–H groups in total. The Morgan fingerprint density at radius 2 is 1.84 bits per heavy atom. The van der Waals surface area contributed by atoms with Gasteiger partial charge in [-0.3, -0.25) is 9.78 Å². The zero-order chi connectivity index (χ0) is 22.5. The number of rotatable bonds is 6. The molecule has 4 rings (SSSR count). The van der Waals surface area contributed by atoms with Crippen LogP contribution in [0.15, 0.2) is 54.9 Å². The van der Waals surface area contributed by atoms with Crippen LogP contribution >= 0.6 is 0 Å². The van der Waals surface area contributed by atoms with Gasteiger partial charge in [0.05, 0.1) is 18.5 Å². The first-order chi connectivity index (χ1) is 15.5. The molecule has 0 unspecified atom stereocenters. The fraction of sp³-hybridized carbons (Fsp3) is 0.360. The molecule has 1 amide bonds. The second-order valence-electron chi connectivity index (χ2n) is 8.30. The molecule has 0 saturated carbocycles. The summed E-state index contributed by atoms with van der Waals surface area (Å²) in [5.74, 6) is 1.67. The van der Waals surface area contributed by atoms with Crippen molar-refractivity contribution in [3.05, 3.63) is 66.1 Å². The molecule has 1 fully saturated rings. The van der Waals surface area contributed by atoms with Gasteiger partial charge in [0.1, 0.15) is 5.75 Å². The fourth-order valence-corrected chi connectivity index (χ4v) is 4.03. The van der Waals surface area contributed by atoms with E-state index in [4.69, 9.17) is 9.72 Å². The molecule has 166 valence electrons. The Bertz CT molecular complexity index is 1050. The quantitative estimate of drug-likeness (QED) is 0.624. The first-order valence-corrected chi connectivity index (χ1v) is 11.0. The van der Waals surface area contributed by atoms with Crippen LogP contribution in [-0.4, -0.2) is 52.0 Å². The largest absolute Gasteiger partial charge is 0.497 e. The Hall–Kier alpha value is -3.48. The molecule has 0 atom stereocenters. The van der Waals surface area contributed by atoms with E-state index in [9.17, 15) is 4.79 Å². The minimum Gasteiger partial charge on any atom is -0.497 e. The number of carbonyl (C=O) groups is 1. The second-order valence-corrected chi connectivity index (χ2v) is 8.30. The Balaban J connectivity index is 1.53. The van der Waals surface area contributed by atoms with Gasteiger partial charge in [0.15, 0.2) is 0 Å². The number of pyridine rings is 1. The zero-order valence-electron chi connectivity index (χ0n) is 18.8. The van der Waals surface area contributed by atoms with Gasteiger partial charge in [-0.1, -0.05) is 6.07 Å². The average Bonchev–Trinajstić information content (AvgIpc) is 2.84. The van der Waals surface area contributed by atoms with Crippen LogP contribution in [0.25, 0.3) is 11.3 Å². The summed E-state index contributed by atoms with van der Waals surface area (Å²) in [6.45, 7) is 5.51. The van der Waals surface area contributed by atoms with Gasteiger partial charge < -0.3 is 15.0 Å². The van der Waals surface area contributed by atoms with Crippen LogP contribution in [0.5, 0.6) is 5.75 Å². The van der Waals surface area contributed by atoms with Crippen molar-refractivity contribution in [1.29, 1.82) is 0 Å². The van der Waals surface area contributed by atoms with Crippen molar-refractivity contribution in [3.8, 4) is 17.0 Å².